The SMILES string of the molecule is Cc1ccc(-c2ccc(/C=C/C(=O)Nc3ccc(N4CCN(C(=O)c5ccccc5C)CC4)cc3)o2)cc1Cl. The van der Waals surface area contributed by atoms with Crippen molar-refractivity contribution in [2.75, 3.05) is 36.4 Å². The number of rotatable bonds is 6. The lowest BCUT2D eigenvalue weighted by atomic mass is 10.1. The van der Waals surface area contributed by atoms with E-state index in [0.29, 0.717) is 35.3 Å². The quantitative estimate of drug-likeness (QED) is 0.273. The molecular weight excluding hydrogens is 510 g/mol. The fourth-order valence-corrected chi connectivity index (χ4v) is 4.77. The molecule has 0 aliphatic carbocycles. The zero-order valence-corrected chi connectivity index (χ0v) is 22.7. The summed E-state index contributed by atoms with van der Waals surface area (Å²) in [4.78, 5) is 29.5. The summed E-state index contributed by atoms with van der Waals surface area (Å²) < 4.78 is 5.85. The highest BCUT2D eigenvalue weighted by Gasteiger charge is 2.23. The molecule has 0 bridgehead atoms. The molecular formula is C32H30ClN3O3. The number of amides is 2. The largest absolute Gasteiger partial charge is 0.457 e. The van der Waals surface area contributed by atoms with Crippen LogP contribution in [-0.2, 0) is 4.79 Å². The Morgan fingerprint density at radius 2 is 1.62 bits per heavy atom. The van der Waals surface area contributed by atoms with Crippen LogP contribution in [0.2, 0.25) is 5.02 Å². The highest BCUT2D eigenvalue weighted by Crippen LogP contribution is 2.27. The van der Waals surface area contributed by atoms with Crippen LogP contribution in [0.5, 0.6) is 0 Å². The zero-order valence-electron chi connectivity index (χ0n) is 22.0. The van der Waals surface area contributed by atoms with Gasteiger partial charge in [-0.25, -0.2) is 0 Å². The van der Waals surface area contributed by atoms with E-state index in [1.165, 1.54) is 6.08 Å². The molecule has 4 aromatic rings. The molecule has 1 saturated heterocycles. The maximum atomic E-state index is 12.9. The normalized spacial score (nSPS) is 13.6. The Morgan fingerprint density at radius 1 is 0.872 bits per heavy atom. The van der Waals surface area contributed by atoms with Gasteiger partial charge in [0, 0.05) is 59.8 Å². The first-order valence-electron chi connectivity index (χ1n) is 12.9. The average molecular weight is 540 g/mol. The van der Waals surface area contributed by atoms with Crippen LogP contribution in [0, 0.1) is 13.8 Å². The van der Waals surface area contributed by atoms with Crippen molar-refractivity contribution in [2.45, 2.75) is 13.8 Å². The van der Waals surface area contributed by atoms with Crippen LogP contribution >= 0.6 is 11.6 Å². The van der Waals surface area contributed by atoms with Gasteiger partial charge in [-0.1, -0.05) is 41.9 Å². The molecule has 1 aromatic heterocycles. The lowest BCUT2D eigenvalue weighted by molar-refractivity contribution is -0.111. The van der Waals surface area contributed by atoms with Crippen molar-refractivity contribution in [1.29, 1.82) is 0 Å². The highest BCUT2D eigenvalue weighted by molar-refractivity contribution is 6.31. The molecule has 2 heterocycles. The number of benzene rings is 3. The van der Waals surface area contributed by atoms with Gasteiger partial charge < -0.3 is 19.5 Å². The standard InChI is InChI=1S/C32H30ClN3O3/c1-22-5-3-4-6-28(22)32(38)36-19-17-35(18-20-36)26-11-9-25(10-12-26)34-31(37)16-14-27-13-15-30(39-27)24-8-7-23(2)29(33)21-24/h3-16,21H,17-20H2,1-2H3,(H,34,37)/b16-14+. The molecule has 0 radical (unpaired) electrons. The number of carbonyl (C=O) groups excluding carboxylic acids is 2. The van der Waals surface area contributed by atoms with E-state index >= 15 is 0 Å². The van der Waals surface area contributed by atoms with Gasteiger partial charge in [-0.2, -0.15) is 0 Å². The molecule has 5 rings (SSSR count). The van der Waals surface area contributed by atoms with E-state index < -0.39 is 0 Å². The van der Waals surface area contributed by atoms with Crippen LogP contribution < -0.4 is 10.2 Å². The number of aryl methyl sites for hydroxylation is 2. The third-order valence-corrected chi connectivity index (χ3v) is 7.33. The Hall–Kier alpha value is -4.29. The van der Waals surface area contributed by atoms with Crippen LogP contribution in [0.3, 0.4) is 0 Å². The molecule has 7 heteroatoms. The fraction of sp³-hybridized carbons (Fsp3) is 0.188. The van der Waals surface area contributed by atoms with Crippen molar-refractivity contribution >= 4 is 40.9 Å². The second-order valence-electron chi connectivity index (χ2n) is 9.63. The number of halogens is 1. The Bertz CT molecular complexity index is 1520. The smallest absolute Gasteiger partial charge is 0.254 e. The first kappa shape index (κ1) is 26.3. The van der Waals surface area contributed by atoms with Crippen molar-refractivity contribution in [2.24, 2.45) is 0 Å². The van der Waals surface area contributed by atoms with Crippen molar-refractivity contribution < 1.29 is 14.0 Å². The van der Waals surface area contributed by atoms with Gasteiger partial charge in [0.1, 0.15) is 11.5 Å². The van der Waals surface area contributed by atoms with Crippen molar-refractivity contribution in [3.63, 3.8) is 0 Å². The van der Waals surface area contributed by atoms with Crippen molar-refractivity contribution in [3.8, 4) is 11.3 Å². The number of anilines is 2. The summed E-state index contributed by atoms with van der Waals surface area (Å²) in [5, 5.41) is 3.57. The maximum absolute atomic E-state index is 12.9. The minimum absolute atomic E-state index is 0.0872. The number of hydrogen-bond acceptors (Lipinski definition) is 4. The molecule has 3 aromatic carbocycles. The summed E-state index contributed by atoms with van der Waals surface area (Å²) in [7, 11) is 0. The summed E-state index contributed by atoms with van der Waals surface area (Å²) >= 11 is 6.22. The van der Waals surface area contributed by atoms with Gasteiger partial charge >= 0.3 is 0 Å². The molecule has 39 heavy (non-hydrogen) atoms. The average Bonchev–Trinajstić information content (AvgIpc) is 3.43. The number of piperazine rings is 1. The lowest BCUT2D eigenvalue weighted by Gasteiger charge is -2.36. The highest BCUT2D eigenvalue weighted by atomic mass is 35.5. The third kappa shape index (κ3) is 6.24. The molecule has 1 fully saturated rings. The Kier molecular flexibility index (Phi) is 7.84. The molecule has 6 nitrogen and oxygen atoms in total. The topological polar surface area (TPSA) is 65.8 Å². The van der Waals surface area contributed by atoms with Gasteiger partial charge in [-0.3, -0.25) is 9.59 Å². The number of hydrogen-bond donors (Lipinski definition) is 1. The van der Waals surface area contributed by atoms with E-state index in [1.807, 2.05) is 97.6 Å². The van der Waals surface area contributed by atoms with Crippen LogP contribution in [0.15, 0.2) is 89.4 Å². The van der Waals surface area contributed by atoms with Gasteiger partial charge in [-0.05, 0) is 79.6 Å². The molecule has 0 spiro atoms. The van der Waals surface area contributed by atoms with Gasteiger partial charge in [0.15, 0.2) is 0 Å². The second kappa shape index (κ2) is 11.6. The number of nitrogens with zero attached hydrogens (tertiary/aromatic N) is 2. The number of furan rings is 1. The van der Waals surface area contributed by atoms with Gasteiger partial charge in [-0.15, -0.1) is 0 Å². The predicted octanol–water partition coefficient (Wildman–Crippen LogP) is 6.83. The van der Waals surface area contributed by atoms with Gasteiger partial charge in [0.2, 0.25) is 5.91 Å². The van der Waals surface area contributed by atoms with Crippen LogP contribution in [0.25, 0.3) is 17.4 Å². The number of carbonyl (C=O) groups is 2. The first-order valence-corrected chi connectivity index (χ1v) is 13.3. The first-order chi connectivity index (χ1) is 18.9. The predicted molar refractivity (Wildman–Crippen MR) is 157 cm³/mol. The summed E-state index contributed by atoms with van der Waals surface area (Å²) in [5.74, 6) is 1.10. The molecule has 0 atom stereocenters. The number of nitrogens with one attached hydrogen (secondary N) is 1. The Balaban J connectivity index is 1.13. The van der Waals surface area contributed by atoms with Crippen LogP contribution in [0.4, 0.5) is 11.4 Å². The third-order valence-electron chi connectivity index (χ3n) is 6.92. The summed E-state index contributed by atoms with van der Waals surface area (Å²) in [6, 6.07) is 24.9. The van der Waals surface area contributed by atoms with Crippen molar-refractivity contribution in [3.05, 3.63) is 112 Å². The molecule has 0 unspecified atom stereocenters. The zero-order chi connectivity index (χ0) is 27.4. The summed E-state index contributed by atoms with van der Waals surface area (Å²) in [5.41, 5.74) is 5.42. The Morgan fingerprint density at radius 3 is 2.33 bits per heavy atom. The van der Waals surface area contributed by atoms with E-state index in [0.717, 1.165) is 41.0 Å². The fourth-order valence-electron chi connectivity index (χ4n) is 4.59. The van der Waals surface area contributed by atoms with E-state index in [9.17, 15) is 9.59 Å². The van der Waals surface area contributed by atoms with E-state index in [4.69, 9.17) is 16.0 Å². The molecule has 198 valence electrons. The second-order valence-corrected chi connectivity index (χ2v) is 10.0. The van der Waals surface area contributed by atoms with E-state index in [2.05, 4.69) is 10.2 Å². The minimum atomic E-state index is -0.248. The lowest BCUT2D eigenvalue weighted by Crippen LogP contribution is -2.48. The van der Waals surface area contributed by atoms with Gasteiger partial charge in [0.25, 0.3) is 5.91 Å². The molecule has 0 saturated carbocycles. The molecule has 1 aliphatic rings. The molecule has 1 aliphatic heterocycles. The van der Waals surface area contributed by atoms with E-state index in [-0.39, 0.29) is 11.8 Å². The van der Waals surface area contributed by atoms with Crippen molar-refractivity contribution in [1.82, 2.24) is 4.90 Å². The summed E-state index contributed by atoms with van der Waals surface area (Å²) in [6.07, 6.45) is 3.09. The van der Waals surface area contributed by atoms with Crippen LogP contribution in [0.1, 0.15) is 27.2 Å². The van der Waals surface area contributed by atoms with Gasteiger partial charge in [0.05, 0.1) is 0 Å². The van der Waals surface area contributed by atoms with Crippen LogP contribution in [-0.4, -0.2) is 42.9 Å². The summed E-state index contributed by atoms with van der Waals surface area (Å²) in [6.45, 7) is 6.77. The minimum Gasteiger partial charge on any atom is -0.457 e. The molecule has 2 amide bonds. The molecule has 1 N–H and O–H groups in total. The maximum Gasteiger partial charge on any atom is 0.254 e. The van der Waals surface area contributed by atoms with E-state index in [1.54, 1.807) is 6.08 Å². The Labute approximate surface area is 233 Å². The monoisotopic (exact) mass is 539 g/mol.